The summed E-state index contributed by atoms with van der Waals surface area (Å²) in [4.78, 5) is 21.9. The quantitative estimate of drug-likeness (QED) is 0.720. The van der Waals surface area contributed by atoms with Gasteiger partial charge in [-0.3, -0.25) is 4.79 Å². The van der Waals surface area contributed by atoms with Gasteiger partial charge in [-0.2, -0.15) is 0 Å². The van der Waals surface area contributed by atoms with Crippen molar-refractivity contribution in [1.82, 2.24) is 9.97 Å². The Morgan fingerprint density at radius 2 is 2.32 bits per heavy atom. The van der Waals surface area contributed by atoms with Crippen molar-refractivity contribution in [2.45, 2.75) is 32.4 Å². The van der Waals surface area contributed by atoms with Crippen LogP contribution < -0.4 is 16.0 Å². The van der Waals surface area contributed by atoms with Crippen LogP contribution in [0.15, 0.2) is 16.9 Å². The average molecular weight is 410 g/mol. The van der Waals surface area contributed by atoms with Crippen LogP contribution >= 0.6 is 15.9 Å². The number of halogens is 1. The number of nitrogens with two attached hydrogens (primary N) is 1. The van der Waals surface area contributed by atoms with Gasteiger partial charge in [0.1, 0.15) is 5.65 Å². The van der Waals surface area contributed by atoms with Crippen LogP contribution in [0.1, 0.15) is 20.3 Å². The molecule has 0 radical (unpaired) electrons. The van der Waals surface area contributed by atoms with Crippen molar-refractivity contribution >= 4 is 44.2 Å². The van der Waals surface area contributed by atoms with E-state index in [1.807, 2.05) is 13.8 Å². The molecule has 136 valence electrons. The molecule has 4 N–H and O–H groups in total. The molecule has 0 saturated carbocycles. The first-order valence-corrected chi connectivity index (χ1v) is 9.21. The highest BCUT2D eigenvalue weighted by Gasteiger charge is 2.29. The summed E-state index contributed by atoms with van der Waals surface area (Å²) in [7, 11) is 1.70. The Bertz CT molecular complexity index is 776. The molecule has 2 atom stereocenters. The maximum absolute atomic E-state index is 12.2. The summed E-state index contributed by atoms with van der Waals surface area (Å²) in [6, 6.07) is -0.0680. The van der Waals surface area contributed by atoms with Gasteiger partial charge in [0.2, 0.25) is 5.91 Å². The van der Waals surface area contributed by atoms with Crippen LogP contribution in [-0.2, 0) is 9.53 Å². The second-order valence-corrected chi connectivity index (χ2v) is 7.55. The minimum atomic E-state index is -0.0978. The summed E-state index contributed by atoms with van der Waals surface area (Å²) in [5.74, 6) is -0.124. The number of amides is 1. The third-order valence-electron chi connectivity index (χ3n) is 4.62. The zero-order valence-electron chi connectivity index (χ0n) is 14.7. The van der Waals surface area contributed by atoms with Crippen molar-refractivity contribution < 1.29 is 9.53 Å². The van der Waals surface area contributed by atoms with E-state index >= 15 is 0 Å². The third-order valence-corrected chi connectivity index (χ3v) is 5.20. The molecule has 0 spiro atoms. The maximum Gasteiger partial charge on any atom is 0.226 e. The number of hydrogen-bond acceptors (Lipinski definition) is 5. The van der Waals surface area contributed by atoms with Gasteiger partial charge >= 0.3 is 0 Å². The summed E-state index contributed by atoms with van der Waals surface area (Å²) >= 11 is 3.62. The number of ether oxygens (including phenoxy) is 1. The topological polar surface area (TPSA) is 96.3 Å². The lowest BCUT2D eigenvalue weighted by Gasteiger charge is -2.38. The number of hydrogen-bond donors (Lipinski definition) is 3. The molecule has 25 heavy (non-hydrogen) atoms. The molecular formula is C17H24BrN5O2. The molecule has 2 unspecified atom stereocenters. The number of rotatable bonds is 4. The fourth-order valence-corrected chi connectivity index (χ4v) is 3.75. The van der Waals surface area contributed by atoms with Crippen LogP contribution in [-0.4, -0.2) is 48.2 Å². The maximum atomic E-state index is 12.2. The van der Waals surface area contributed by atoms with E-state index in [4.69, 9.17) is 10.5 Å². The number of carbonyl (C=O) groups excluding carboxylic acids is 1. The van der Waals surface area contributed by atoms with Gasteiger partial charge in [-0.25, -0.2) is 4.98 Å². The van der Waals surface area contributed by atoms with Gasteiger partial charge in [0.15, 0.2) is 0 Å². The third kappa shape index (κ3) is 3.51. The predicted octanol–water partition coefficient (Wildman–Crippen LogP) is 2.47. The number of aromatic nitrogens is 2. The smallest absolute Gasteiger partial charge is 0.226 e. The fourth-order valence-electron chi connectivity index (χ4n) is 3.20. The first kappa shape index (κ1) is 18.2. The molecule has 0 bridgehead atoms. The highest BCUT2D eigenvalue weighted by Crippen LogP contribution is 2.39. The van der Waals surface area contributed by atoms with E-state index in [1.165, 1.54) is 0 Å². The SMILES string of the molecule is COC1CCN(c2c(Br)cnc3[nH]cc(NC(=O)C(C)C)c23)CC1N. The minimum Gasteiger partial charge on any atom is -0.380 e. The number of carbonyl (C=O) groups is 1. The first-order valence-electron chi connectivity index (χ1n) is 8.42. The van der Waals surface area contributed by atoms with E-state index < -0.39 is 0 Å². The van der Waals surface area contributed by atoms with E-state index in [9.17, 15) is 4.79 Å². The molecule has 1 aliphatic rings. The van der Waals surface area contributed by atoms with Crippen LogP contribution in [0.25, 0.3) is 11.0 Å². The van der Waals surface area contributed by atoms with Crippen LogP contribution in [0.4, 0.5) is 11.4 Å². The number of piperidine rings is 1. The zero-order valence-corrected chi connectivity index (χ0v) is 16.3. The molecule has 1 fully saturated rings. The van der Waals surface area contributed by atoms with Gasteiger partial charge in [-0.15, -0.1) is 0 Å². The summed E-state index contributed by atoms with van der Waals surface area (Å²) in [6.07, 6.45) is 4.48. The lowest BCUT2D eigenvalue weighted by Crippen LogP contribution is -2.52. The molecule has 2 aromatic rings. The molecule has 0 aromatic carbocycles. The van der Waals surface area contributed by atoms with E-state index in [2.05, 4.69) is 36.1 Å². The van der Waals surface area contributed by atoms with E-state index in [-0.39, 0.29) is 24.0 Å². The number of aromatic amines is 1. The number of pyridine rings is 1. The molecule has 3 rings (SSSR count). The van der Waals surface area contributed by atoms with Crippen molar-refractivity contribution in [3.05, 3.63) is 16.9 Å². The Labute approximate surface area is 155 Å². The number of H-pyrrole nitrogens is 1. The number of nitrogens with one attached hydrogen (secondary N) is 2. The summed E-state index contributed by atoms with van der Waals surface area (Å²) in [5.41, 5.74) is 8.74. The molecule has 7 nitrogen and oxygen atoms in total. The predicted molar refractivity (Wildman–Crippen MR) is 103 cm³/mol. The highest BCUT2D eigenvalue weighted by atomic mass is 79.9. The Kier molecular flexibility index (Phi) is 5.31. The first-order chi connectivity index (χ1) is 11.9. The number of fused-ring (bicyclic) bond motifs is 1. The molecule has 1 saturated heterocycles. The van der Waals surface area contributed by atoms with Crippen molar-refractivity contribution in [2.24, 2.45) is 11.7 Å². The molecule has 3 heterocycles. The minimum absolute atomic E-state index is 0.0263. The Morgan fingerprint density at radius 1 is 1.56 bits per heavy atom. The van der Waals surface area contributed by atoms with Crippen molar-refractivity contribution in [3.8, 4) is 0 Å². The van der Waals surface area contributed by atoms with E-state index in [0.29, 0.717) is 6.54 Å². The van der Waals surface area contributed by atoms with Gasteiger partial charge in [-0.1, -0.05) is 13.8 Å². The number of nitrogens with zero attached hydrogens (tertiary/aromatic N) is 2. The molecule has 1 amide bonds. The standard InChI is InChI=1S/C17H24BrN5O2/c1-9(2)17(24)22-12-7-21-16-14(12)15(10(18)6-20-16)23-5-4-13(25-3)11(19)8-23/h6-7,9,11,13H,4-5,8,19H2,1-3H3,(H,20,21)(H,22,24). The van der Waals surface area contributed by atoms with Gasteiger partial charge in [-0.05, 0) is 22.4 Å². The fraction of sp³-hybridized carbons (Fsp3) is 0.529. The Hall–Kier alpha value is -1.64. The van der Waals surface area contributed by atoms with Crippen molar-refractivity contribution in [2.75, 3.05) is 30.4 Å². The molecule has 8 heteroatoms. The monoisotopic (exact) mass is 409 g/mol. The van der Waals surface area contributed by atoms with Gasteiger partial charge in [0, 0.05) is 44.6 Å². The number of methoxy groups -OCH3 is 1. The van der Waals surface area contributed by atoms with Gasteiger partial charge in [0.05, 0.1) is 27.3 Å². The second kappa shape index (κ2) is 7.31. The zero-order chi connectivity index (χ0) is 18.1. The van der Waals surface area contributed by atoms with Crippen LogP contribution in [0.2, 0.25) is 0 Å². The van der Waals surface area contributed by atoms with Crippen molar-refractivity contribution in [3.63, 3.8) is 0 Å². The van der Waals surface area contributed by atoms with E-state index in [0.717, 1.165) is 39.8 Å². The molecule has 1 aliphatic heterocycles. The molecule has 0 aliphatic carbocycles. The van der Waals surface area contributed by atoms with E-state index in [1.54, 1.807) is 19.5 Å². The van der Waals surface area contributed by atoms with Crippen LogP contribution in [0.5, 0.6) is 0 Å². The molecule has 2 aromatic heterocycles. The highest BCUT2D eigenvalue weighted by molar-refractivity contribution is 9.10. The summed E-state index contributed by atoms with van der Waals surface area (Å²) in [6.45, 7) is 5.24. The second-order valence-electron chi connectivity index (χ2n) is 6.70. The normalized spacial score (nSPS) is 21.1. The summed E-state index contributed by atoms with van der Waals surface area (Å²) in [5, 5.41) is 3.88. The average Bonchev–Trinajstić information content (AvgIpc) is 2.97. The van der Waals surface area contributed by atoms with Gasteiger partial charge < -0.3 is 25.7 Å². The number of anilines is 2. The lowest BCUT2D eigenvalue weighted by molar-refractivity contribution is -0.118. The molecular weight excluding hydrogens is 386 g/mol. The Balaban J connectivity index is 2.01. The van der Waals surface area contributed by atoms with Crippen LogP contribution in [0, 0.1) is 5.92 Å². The Morgan fingerprint density at radius 3 is 2.96 bits per heavy atom. The van der Waals surface area contributed by atoms with Crippen molar-refractivity contribution in [1.29, 1.82) is 0 Å². The van der Waals surface area contributed by atoms with Crippen LogP contribution in [0.3, 0.4) is 0 Å². The summed E-state index contributed by atoms with van der Waals surface area (Å²) < 4.78 is 6.33. The lowest BCUT2D eigenvalue weighted by atomic mass is 10.0. The largest absolute Gasteiger partial charge is 0.380 e. The van der Waals surface area contributed by atoms with Gasteiger partial charge in [0.25, 0.3) is 0 Å².